The third-order valence-electron chi connectivity index (χ3n) is 6.32. The number of aryl methyl sites for hydroxylation is 1. The molecule has 6 heteroatoms. The summed E-state index contributed by atoms with van der Waals surface area (Å²) < 4.78 is 2.06. The lowest BCUT2D eigenvalue weighted by Gasteiger charge is -2.44. The number of amides is 1. The minimum Gasteiger partial charge on any atom is -0.318 e. The second kappa shape index (κ2) is 5.94. The summed E-state index contributed by atoms with van der Waals surface area (Å²) in [6.07, 6.45) is 5.96. The summed E-state index contributed by atoms with van der Waals surface area (Å²) in [4.78, 5) is 26.9. The van der Waals surface area contributed by atoms with Gasteiger partial charge in [0.15, 0.2) is 11.5 Å². The molecule has 3 aliphatic rings. The van der Waals surface area contributed by atoms with Crippen molar-refractivity contribution in [1.29, 1.82) is 0 Å². The zero-order valence-corrected chi connectivity index (χ0v) is 16.0. The molecule has 0 N–H and O–H groups in total. The molecule has 0 radical (unpaired) electrons. The Morgan fingerprint density at radius 3 is 2.59 bits per heavy atom. The van der Waals surface area contributed by atoms with Gasteiger partial charge in [-0.15, -0.1) is 0 Å². The summed E-state index contributed by atoms with van der Waals surface area (Å²) in [5.74, 6) is 2.46. The van der Waals surface area contributed by atoms with Crippen LogP contribution >= 0.6 is 0 Å². The Kier molecular flexibility index (Phi) is 3.64. The quantitative estimate of drug-likeness (QED) is 0.823. The van der Waals surface area contributed by atoms with Gasteiger partial charge in [0, 0.05) is 13.6 Å². The molecule has 2 aliphatic heterocycles. The number of rotatable bonds is 2. The topological polar surface area (TPSA) is 53.7 Å². The molecular weight excluding hydrogens is 338 g/mol. The Balaban J connectivity index is 1.63. The molecule has 3 heterocycles. The zero-order valence-electron chi connectivity index (χ0n) is 16.0. The van der Waals surface area contributed by atoms with E-state index in [0.717, 1.165) is 37.0 Å². The van der Waals surface area contributed by atoms with Crippen molar-refractivity contribution in [3.8, 4) is 0 Å². The molecule has 0 saturated heterocycles. The van der Waals surface area contributed by atoms with E-state index in [9.17, 15) is 4.79 Å². The normalized spacial score (nSPS) is 20.7. The van der Waals surface area contributed by atoms with Gasteiger partial charge in [-0.3, -0.25) is 14.6 Å². The molecule has 1 saturated carbocycles. The van der Waals surface area contributed by atoms with Crippen LogP contribution in [-0.4, -0.2) is 45.4 Å². The highest BCUT2D eigenvalue weighted by Crippen LogP contribution is 2.44. The number of aliphatic imine (C=N–C) groups is 1. The lowest BCUT2D eigenvalue weighted by atomic mass is 9.80. The van der Waals surface area contributed by atoms with Gasteiger partial charge < -0.3 is 4.57 Å². The first-order valence-corrected chi connectivity index (χ1v) is 9.84. The Bertz CT molecular complexity index is 924. The number of guanidine groups is 1. The average Bonchev–Trinajstić information content (AvgIpc) is 3.20. The van der Waals surface area contributed by atoms with Crippen LogP contribution in [0.25, 0.3) is 0 Å². The van der Waals surface area contributed by atoms with E-state index in [0.29, 0.717) is 12.2 Å². The van der Waals surface area contributed by atoms with Crippen LogP contribution in [0.5, 0.6) is 0 Å². The van der Waals surface area contributed by atoms with Crippen LogP contribution in [0.15, 0.2) is 35.3 Å². The molecule has 0 unspecified atom stereocenters. The smallest absolute Gasteiger partial charge is 0.280 e. The van der Waals surface area contributed by atoms with Crippen molar-refractivity contribution in [3.05, 3.63) is 47.4 Å². The van der Waals surface area contributed by atoms with Crippen LogP contribution in [0.4, 0.5) is 5.82 Å². The van der Waals surface area contributed by atoms with E-state index < -0.39 is 0 Å². The molecule has 1 aliphatic carbocycles. The largest absolute Gasteiger partial charge is 0.318 e. The van der Waals surface area contributed by atoms with Gasteiger partial charge in [0.05, 0.1) is 12.1 Å². The van der Waals surface area contributed by atoms with Crippen LogP contribution in [-0.2, 0) is 6.54 Å². The fourth-order valence-electron chi connectivity index (χ4n) is 4.86. The number of imidazole rings is 1. The van der Waals surface area contributed by atoms with E-state index in [1.54, 1.807) is 4.90 Å². The summed E-state index contributed by atoms with van der Waals surface area (Å²) in [7, 11) is 1.84. The predicted octanol–water partition coefficient (Wildman–Crippen LogP) is 3.20. The summed E-state index contributed by atoms with van der Waals surface area (Å²) in [6.45, 7) is 3.42. The SMILES string of the molecule is Cc1nc2c(n1Cc1ccccc1)C(=O)N(C)C1=NCC3(CCCCC3)N12. The van der Waals surface area contributed by atoms with Gasteiger partial charge in [0.1, 0.15) is 5.82 Å². The fourth-order valence-corrected chi connectivity index (χ4v) is 4.86. The number of aromatic nitrogens is 2. The zero-order chi connectivity index (χ0) is 18.6. The van der Waals surface area contributed by atoms with Crippen LogP contribution in [0.3, 0.4) is 0 Å². The van der Waals surface area contributed by atoms with Crippen molar-refractivity contribution < 1.29 is 4.79 Å². The highest BCUT2D eigenvalue weighted by Gasteiger charge is 2.51. The molecule has 1 aromatic carbocycles. The lowest BCUT2D eigenvalue weighted by Crippen LogP contribution is -2.58. The van der Waals surface area contributed by atoms with E-state index in [2.05, 4.69) is 21.6 Å². The fraction of sp³-hybridized carbons (Fsp3) is 0.476. The second-order valence-corrected chi connectivity index (χ2v) is 8.00. The van der Waals surface area contributed by atoms with E-state index in [1.165, 1.54) is 24.8 Å². The van der Waals surface area contributed by atoms with E-state index >= 15 is 0 Å². The number of fused-ring (bicyclic) bond motifs is 4. The van der Waals surface area contributed by atoms with Crippen molar-refractivity contribution in [1.82, 2.24) is 14.5 Å². The van der Waals surface area contributed by atoms with Gasteiger partial charge in [0.25, 0.3) is 5.91 Å². The van der Waals surface area contributed by atoms with E-state index in [1.807, 2.05) is 32.2 Å². The standard InChI is InChI=1S/C21H25N5O/c1-15-23-18-17(25(15)13-16-9-5-3-6-10-16)19(27)24(2)20-22-14-21(26(18)20)11-7-4-8-12-21/h3,5-6,9-10H,4,7-8,11-14H2,1-2H3. The first kappa shape index (κ1) is 16.5. The Labute approximate surface area is 159 Å². The van der Waals surface area contributed by atoms with Crippen molar-refractivity contribution in [3.63, 3.8) is 0 Å². The summed E-state index contributed by atoms with van der Waals surface area (Å²) in [6, 6.07) is 10.3. The van der Waals surface area contributed by atoms with Crippen molar-refractivity contribution in [2.45, 2.75) is 51.1 Å². The number of carbonyl (C=O) groups excluding carboxylic acids is 1. The first-order chi connectivity index (χ1) is 13.1. The second-order valence-electron chi connectivity index (χ2n) is 8.00. The number of anilines is 1. The molecule has 0 bridgehead atoms. The average molecular weight is 363 g/mol. The molecule has 1 spiro atoms. The Hall–Kier alpha value is -2.63. The van der Waals surface area contributed by atoms with E-state index in [-0.39, 0.29) is 11.4 Å². The summed E-state index contributed by atoms with van der Waals surface area (Å²) in [5, 5.41) is 0. The van der Waals surface area contributed by atoms with Crippen LogP contribution in [0.2, 0.25) is 0 Å². The molecule has 5 rings (SSSR count). The molecule has 2 aromatic rings. The van der Waals surface area contributed by atoms with Crippen LogP contribution in [0, 0.1) is 6.92 Å². The van der Waals surface area contributed by atoms with Gasteiger partial charge in [0.2, 0.25) is 5.96 Å². The molecular formula is C21H25N5O. The number of benzene rings is 1. The van der Waals surface area contributed by atoms with Crippen LogP contribution < -0.4 is 4.90 Å². The molecule has 140 valence electrons. The molecule has 1 fully saturated rings. The van der Waals surface area contributed by atoms with Crippen LogP contribution in [0.1, 0.15) is 54.0 Å². The Morgan fingerprint density at radius 1 is 1.11 bits per heavy atom. The van der Waals surface area contributed by atoms with Gasteiger partial charge in [-0.05, 0) is 25.3 Å². The minimum absolute atomic E-state index is 0.00430. The summed E-state index contributed by atoms with van der Waals surface area (Å²) >= 11 is 0. The van der Waals surface area contributed by atoms with Crippen molar-refractivity contribution in [2.75, 3.05) is 18.5 Å². The molecule has 1 aromatic heterocycles. The van der Waals surface area contributed by atoms with E-state index in [4.69, 9.17) is 9.98 Å². The molecule has 1 amide bonds. The summed E-state index contributed by atoms with van der Waals surface area (Å²) in [5.41, 5.74) is 1.87. The number of nitrogens with zero attached hydrogens (tertiary/aromatic N) is 5. The maximum absolute atomic E-state index is 13.2. The van der Waals surface area contributed by atoms with Gasteiger partial charge >= 0.3 is 0 Å². The highest BCUT2D eigenvalue weighted by atomic mass is 16.2. The molecule has 0 atom stereocenters. The first-order valence-electron chi connectivity index (χ1n) is 9.84. The lowest BCUT2D eigenvalue weighted by molar-refractivity contribution is 0.0853. The number of carbonyl (C=O) groups is 1. The van der Waals surface area contributed by atoms with Crippen molar-refractivity contribution >= 4 is 17.7 Å². The number of hydrogen-bond donors (Lipinski definition) is 0. The Morgan fingerprint density at radius 2 is 1.85 bits per heavy atom. The number of hydrogen-bond acceptors (Lipinski definition) is 4. The molecule has 6 nitrogen and oxygen atoms in total. The third-order valence-corrected chi connectivity index (χ3v) is 6.32. The predicted molar refractivity (Wildman–Crippen MR) is 105 cm³/mol. The highest BCUT2D eigenvalue weighted by molar-refractivity contribution is 6.18. The van der Waals surface area contributed by atoms with Gasteiger partial charge in [-0.2, -0.15) is 0 Å². The van der Waals surface area contributed by atoms with Crippen molar-refractivity contribution in [2.24, 2.45) is 4.99 Å². The minimum atomic E-state index is -0.00982. The van der Waals surface area contributed by atoms with Gasteiger partial charge in [-0.25, -0.2) is 9.98 Å². The van der Waals surface area contributed by atoms with Gasteiger partial charge in [-0.1, -0.05) is 49.6 Å². The maximum Gasteiger partial charge on any atom is 0.280 e. The maximum atomic E-state index is 13.2. The third kappa shape index (κ3) is 2.35. The molecule has 27 heavy (non-hydrogen) atoms. The monoisotopic (exact) mass is 363 g/mol.